The third-order valence-corrected chi connectivity index (χ3v) is 3.74. The first kappa shape index (κ1) is 9.79. The molecule has 0 aliphatic heterocycles. The van der Waals surface area contributed by atoms with E-state index in [-0.39, 0.29) is 0 Å². The summed E-state index contributed by atoms with van der Waals surface area (Å²) in [5, 5.41) is 1.26. The zero-order valence-corrected chi connectivity index (χ0v) is 9.99. The summed E-state index contributed by atoms with van der Waals surface area (Å²) in [6.45, 7) is 0. The van der Waals surface area contributed by atoms with Crippen molar-refractivity contribution in [2.75, 3.05) is 0 Å². The molecule has 2 aromatic rings. The van der Waals surface area contributed by atoms with Gasteiger partial charge in [-0.3, -0.25) is 0 Å². The maximum atomic E-state index is 6.06. The molecule has 0 bridgehead atoms. The summed E-state index contributed by atoms with van der Waals surface area (Å²) in [6.07, 6.45) is 7.05. The SMILES string of the molecule is C1#CCC2=C(C=C1)CCc1c2oc2ccccc12. The molecule has 86 valence electrons. The van der Waals surface area contributed by atoms with Crippen LogP contribution < -0.4 is 0 Å². The Hall–Kier alpha value is -2.20. The van der Waals surface area contributed by atoms with E-state index < -0.39 is 0 Å². The molecule has 0 unspecified atom stereocenters. The molecule has 0 atom stereocenters. The van der Waals surface area contributed by atoms with Crippen molar-refractivity contribution >= 4 is 16.5 Å². The van der Waals surface area contributed by atoms with Gasteiger partial charge in [-0.1, -0.05) is 36.1 Å². The quantitative estimate of drug-likeness (QED) is 0.623. The minimum absolute atomic E-state index is 0.801. The van der Waals surface area contributed by atoms with Gasteiger partial charge in [-0.15, -0.1) is 0 Å². The van der Waals surface area contributed by atoms with Crippen LogP contribution in [0.15, 0.2) is 46.4 Å². The fraction of sp³-hybridized carbons (Fsp3) is 0.176. The Kier molecular flexibility index (Phi) is 1.98. The van der Waals surface area contributed by atoms with Gasteiger partial charge in [0, 0.05) is 22.9 Å². The van der Waals surface area contributed by atoms with Gasteiger partial charge in [-0.2, -0.15) is 0 Å². The van der Waals surface area contributed by atoms with Crippen LogP contribution in [-0.2, 0) is 6.42 Å². The minimum atomic E-state index is 0.801. The van der Waals surface area contributed by atoms with Crippen LogP contribution in [-0.4, -0.2) is 0 Å². The molecule has 2 aliphatic rings. The van der Waals surface area contributed by atoms with Gasteiger partial charge in [0.25, 0.3) is 0 Å². The average molecular weight is 232 g/mol. The number of hydrogen-bond acceptors (Lipinski definition) is 1. The van der Waals surface area contributed by atoms with E-state index in [2.05, 4.69) is 30.0 Å². The molecule has 1 aromatic carbocycles. The molecule has 1 heteroatoms. The largest absolute Gasteiger partial charge is 0.456 e. The normalized spacial score (nSPS) is 16.9. The standard InChI is InChI=1S/C17H12O/c1-2-6-12-10-11-15-14-8-4-5-9-16(14)18-17(15)13(12)7-3-1/h2,4-6,8-9H,7,10-11H2. The fourth-order valence-corrected chi connectivity index (χ4v) is 2.87. The van der Waals surface area contributed by atoms with Crippen LogP contribution in [0.5, 0.6) is 0 Å². The highest BCUT2D eigenvalue weighted by molar-refractivity contribution is 5.89. The van der Waals surface area contributed by atoms with Crippen molar-refractivity contribution in [2.24, 2.45) is 0 Å². The van der Waals surface area contributed by atoms with Gasteiger partial charge in [0.1, 0.15) is 11.3 Å². The first-order valence-electron chi connectivity index (χ1n) is 6.31. The highest BCUT2D eigenvalue weighted by Gasteiger charge is 2.23. The fourth-order valence-electron chi connectivity index (χ4n) is 2.87. The monoisotopic (exact) mass is 232 g/mol. The maximum absolute atomic E-state index is 6.06. The van der Waals surface area contributed by atoms with Crippen molar-refractivity contribution in [2.45, 2.75) is 19.3 Å². The van der Waals surface area contributed by atoms with E-state index in [4.69, 9.17) is 4.42 Å². The lowest BCUT2D eigenvalue weighted by Gasteiger charge is -2.15. The zero-order chi connectivity index (χ0) is 11.9. The van der Waals surface area contributed by atoms with E-state index in [1.165, 1.54) is 22.1 Å². The first-order valence-corrected chi connectivity index (χ1v) is 6.31. The maximum Gasteiger partial charge on any atom is 0.135 e. The number of hydrogen-bond donors (Lipinski definition) is 0. The van der Waals surface area contributed by atoms with Gasteiger partial charge in [0.2, 0.25) is 0 Å². The molecule has 0 fully saturated rings. The predicted octanol–water partition coefficient (Wildman–Crippen LogP) is 4.10. The molecule has 0 amide bonds. The molecular formula is C17H12O. The van der Waals surface area contributed by atoms with Gasteiger partial charge in [0.05, 0.1) is 0 Å². The number of allylic oxidation sites excluding steroid dienone is 4. The minimum Gasteiger partial charge on any atom is -0.456 e. The summed E-state index contributed by atoms with van der Waals surface area (Å²) in [5.41, 5.74) is 5.02. The molecule has 4 rings (SSSR count). The Morgan fingerprint density at radius 2 is 2.06 bits per heavy atom. The van der Waals surface area contributed by atoms with E-state index in [9.17, 15) is 0 Å². The van der Waals surface area contributed by atoms with Crippen LogP contribution in [0.4, 0.5) is 0 Å². The molecular weight excluding hydrogens is 220 g/mol. The van der Waals surface area contributed by atoms with Gasteiger partial charge in [0.15, 0.2) is 0 Å². The molecule has 1 aromatic heterocycles. The van der Waals surface area contributed by atoms with E-state index in [1.807, 2.05) is 18.2 Å². The number of para-hydroxylation sites is 1. The van der Waals surface area contributed by atoms with Crippen LogP contribution in [0.25, 0.3) is 16.5 Å². The first-order chi connectivity index (χ1) is 8.93. The zero-order valence-electron chi connectivity index (χ0n) is 9.99. The second-order valence-electron chi connectivity index (χ2n) is 4.74. The summed E-state index contributed by atoms with van der Waals surface area (Å²) in [7, 11) is 0. The lowest BCUT2D eigenvalue weighted by atomic mass is 9.88. The van der Waals surface area contributed by atoms with Crippen LogP contribution in [0.2, 0.25) is 0 Å². The second kappa shape index (κ2) is 3.65. The van der Waals surface area contributed by atoms with Crippen molar-refractivity contribution in [3.8, 4) is 11.8 Å². The van der Waals surface area contributed by atoms with Crippen molar-refractivity contribution in [3.63, 3.8) is 0 Å². The lowest BCUT2D eigenvalue weighted by Crippen LogP contribution is -2.01. The summed E-state index contributed by atoms with van der Waals surface area (Å²) in [5.74, 6) is 7.30. The smallest absolute Gasteiger partial charge is 0.135 e. The second-order valence-corrected chi connectivity index (χ2v) is 4.74. The Morgan fingerprint density at radius 3 is 3.06 bits per heavy atom. The number of rotatable bonds is 0. The summed E-state index contributed by atoms with van der Waals surface area (Å²) in [4.78, 5) is 0. The van der Waals surface area contributed by atoms with Gasteiger partial charge in [-0.05, 0) is 30.6 Å². The number of aryl methyl sites for hydroxylation is 1. The van der Waals surface area contributed by atoms with E-state index in [0.29, 0.717) is 0 Å². The van der Waals surface area contributed by atoms with Crippen molar-refractivity contribution in [3.05, 3.63) is 53.3 Å². The molecule has 0 N–H and O–H groups in total. The van der Waals surface area contributed by atoms with Crippen molar-refractivity contribution < 1.29 is 4.42 Å². The molecule has 2 aliphatic carbocycles. The van der Waals surface area contributed by atoms with E-state index in [1.54, 1.807) is 0 Å². The number of benzene rings is 1. The Morgan fingerprint density at radius 1 is 1.11 bits per heavy atom. The Balaban J connectivity index is 2.02. The van der Waals surface area contributed by atoms with Gasteiger partial charge in [-0.25, -0.2) is 0 Å². The molecule has 0 saturated heterocycles. The lowest BCUT2D eigenvalue weighted by molar-refractivity contribution is 0.587. The van der Waals surface area contributed by atoms with E-state index in [0.717, 1.165) is 30.6 Å². The molecule has 0 spiro atoms. The number of fused-ring (bicyclic) bond motifs is 4. The molecule has 18 heavy (non-hydrogen) atoms. The molecule has 1 nitrogen and oxygen atoms in total. The molecule has 0 saturated carbocycles. The van der Waals surface area contributed by atoms with Crippen LogP contribution >= 0.6 is 0 Å². The third kappa shape index (κ3) is 1.29. The van der Waals surface area contributed by atoms with Crippen molar-refractivity contribution in [1.82, 2.24) is 0 Å². The molecule has 0 radical (unpaired) electrons. The third-order valence-electron chi connectivity index (χ3n) is 3.74. The predicted molar refractivity (Wildman–Crippen MR) is 73.0 cm³/mol. The van der Waals surface area contributed by atoms with E-state index >= 15 is 0 Å². The highest BCUT2D eigenvalue weighted by Crippen LogP contribution is 2.40. The number of furan rings is 1. The Bertz CT molecular complexity index is 760. The average Bonchev–Trinajstić information content (AvgIpc) is 2.62. The summed E-state index contributed by atoms with van der Waals surface area (Å²) in [6, 6.07) is 8.31. The summed E-state index contributed by atoms with van der Waals surface area (Å²) < 4.78 is 6.06. The highest BCUT2D eigenvalue weighted by atomic mass is 16.3. The van der Waals surface area contributed by atoms with Crippen LogP contribution in [0.3, 0.4) is 0 Å². The molecule has 1 heterocycles. The topological polar surface area (TPSA) is 13.1 Å². The summed E-state index contributed by atoms with van der Waals surface area (Å²) >= 11 is 0. The van der Waals surface area contributed by atoms with Crippen molar-refractivity contribution in [1.29, 1.82) is 0 Å². The Labute approximate surface area is 106 Å². The van der Waals surface area contributed by atoms with Gasteiger partial charge < -0.3 is 4.42 Å². The van der Waals surface area contributed by atoms with Crippen LogP contribution in [0.1, 0.15) is 24.2 Å². The van der Waals surface area contributed by atoms with Gasteiger partial charge >= 0.3 is 0 Å². The van der Waals surface area contributed by atoms with Crippen LogP contribution in [0, 0.1) is 11.8 Å².